The van der Waals surface area contributed by atoms with Crippen LogP contribution in [0.1, 0.15) is 61.5 Å². The van der Waals surface area contributed by atoms with Gasteiger partial charge in [-0.1, -0.05) is 18.5 Å². The third-order valence-electron chi connectivity index (χ3n) is 6.73. The molecule has 2 aliphatic rings. The second kappa shape index (κ2) is 7.56. The van der Waals surface area contributed by atoms with E-state index >= 15 is 0 Å². The zero-order valence-corrected chi connectivity index (χ0v) is 17.6. The second-order valence-corrected chi connectivity index (χ2v) is 9.32. The van der Waals surface area contributed by atoms with E-state index in [1.807, 2.05) is 29.7 Å². The molecular formula is C22H28ClFN2O3. The number of halogens is 2. The molecule has 4 rings (SSSR count). The summed E-state index contributed by atoms with van der Waals surface area (Å²) in [6.07, 6.45) is 3.74. The van der Waals surface area contributed by atoms with Crippen LogP contribution < -0.4 is 5.32 Å². The third kappa shape index (κ3) is 3.90. The molecule has 2 fully saturated rings. The largest absolute Gasteiger partial charge is 0.388 e. The van der Waals surface area contributed by atoms with Crippen molar-refractivity contribution >= 4 is 23.0 Å². The lowest BCUT2D eigenvalue weighted by atomic mass is 9.71. The van der Waals surface area contributed by atoms with Gasteiger partial charge in [0.2, 0.25) is 0 Å². The Morgan fingerprint density at radius 1 is 1.48 bits per heavy atom. The van der Waals surface area contributed by atoms with Crippen molar-refractivity contribution in [2.75, 3.05) is 19.8 Å². The van der Waals surface area contributed by atoms with Crippen LogP contribution in [0.5, 0.6) is 0 Å². The highest BCUT2D eigenvalue weighted by molar-refractivity contribution is 6.34. The van der Waals surface area contributed by atoms with E-state index in [1.165, 1.54) is 0 Å². The molecule has 2 aromatic heterocycles. The first-order valence-corrected chi connectivity index (χ1v) is 10.6. The Kier molecular flexibility index (Phi) is 5.38. The van der Waals surface area contributed by atoms with Crippen molar-refractivity contribution in [2.45, 2.75) is 56.7 Å². The van der Waals surface area contributed by atoms with E-state index in [1.54, 1.807) is 13.0 Å². The van der Waals surface area contributed by atoms with E-state index in [0.717, 1.165) is 12.1 Å². The topological polar surface area (TPSA) is 63.0 Å². The van der Waals surface area contributed by atoms with Crippen LogP contribution in [0.4, 0.5) is 4.39 Å². The number of fused-ring (bicyclic) bond motifs is 1. The molecule has 29 heavy (non-hydrogen) atoms. The van der Waals surface area contributed by atoms with Crippen LogP contribution in [0.25, 0.3) is 5.52 Å². The fourth-order valence-corrected chi connectivity index (χ4v) is 4.87. The lowest BCUT2D eigenvalue weighted by molar-refractivity contribution is -0.0680. The van der Waals surface area contributed by atoms with Crippen LogP contribution in [0.3, 0.4) is 0 Å². The molecule has 0 aromatic carbocycles. The number of alkyl halides is 1. The first-order valence-electron chi connectivity index (χ1n) is 10.3. The first-order chi connectivity index (χ1) is 13.7. The minimum absolute atomic E-state index is 0.0932. The zero-order valence-electron chi connectivity index (χ0n) is 16.9. The van der Waals surface area contributed by atoms with Gasteiger partial charge in [-0.25, -0.2) is 4.39 Å². The van der Waals surface area contributed by atoms with Gasteiger partial charge >= 0.3 is 0 Å². The van der Waals surface area contributed by atoms with Crippen molar-refractivity contribution in [3.8, 4) is 0 Å². The number of aliphatic hydroxyl groups is 1. The van der Waals surface area contributed by atoms with E-state index in [-0.39, 0.29) is 30.7 Å². The van der Waals surface area contributed by atoms with Gasteiger partial charge in [0.25, 0.3) is 5.91 Å². The summed E-state index contributed by atoms with van der Waals surface area (Å²) in [5.74, 6) is -0.333. The number of nitrogens with one attached hydrogen (secondary N) is 1. The number of hydrogen-bond donors (Lipinski definition) is 2. The summed E-state index contributed by atoms with van der Waals surface area (Å²) in [7, 11) is 0. The molecule has 2 aromatic rings. The van der Waals surface area contributed by atoms with E-state index in [0.29, 0.717) is 42.2 Å². The van der Waals surface area contributed by atoms with Crippen LogP contribution in [0, 0.1) is 5.92 Å². The first kappa shape index (κ1) is 20.6. The van der Waals surface area contributed by atoms with Gasteiger partial charge in [0.1, 0.15) is 5.67 Å². The molecule has 0 bridgehead atoms. The van der Waals surface area contributed by atoms with Gasteiger partial charge in [-0.15, -0.1) is 0 Å². The van der Waals surface area contributed by atoms with Gasteiger partial charge in [-0.3, -0.25) is 4.79 Å². The SMILES string of the molecule is CC1CC(O)(CNC(=O)c2cc(C3CCOC3)n3cccc(Cl)c23)CCC1(C)F. The summed E-state index contributed by atoms with van der Waals surface area (Å²) < 4.78 is 21.9. The van der Waals surface area contributed by atoms with E-state index in [9.17, 15) is 14.3 Å². The highest BCUT2D eigenvalue weighted by Gasteiger charge is 2.44. The van der Waals surface area contributed by atoms with Gasteiger partial charge < -0.3 is 19.6 Å². The molecule has 2 N–H and O–H groups in total. The average molecular weight is 423 g/mol. The van der Waals surface area contributed by atoms with Crippen LogP contribution >= 0.6 is 11.6 Å². The summed E-state index contributed by atoms with van der Waals surface area (Å²) in [6, 6.07) is 5.50. The minimum atomic E-state index is -1.28. The zero-order chi connectivity index (χ0) is 20.8. The summed E-state index contributed by atoms with van der Waals surface area (Å²) >= 11 is 6.43. The lowest BCUT2D eigenvalue weighted by Gasteiger charge is -2.42. The third-order valence-corrected chi connectivity index (χ3v) is 7.04. The summed E-state index contributed by atoms with van der Waals surface area (Å²) in [5.41, 5.74) is -0.222. The number of carbonyl (C=O) groups excluding carboxylic acids is 1. The maximum absolute atomic E-state index is 14.4. The molecule has 3 heterocycles. The van der Waals surface area contributed by atoms with Gasteiger partial charge in [-0.05, 0) is 56.7 Å². The smallest absolute Gasteiger partial charge is 0.253 e. The number of ether oxygens (including phenoxy) is 1. The van der Waals surface area contributed by atoms with Crippen molar-refractivity contribution in [3.63, 3.8) is 0 Å². The Bertz CT molecular complexity index is 922. The van der Waals surface area contributed by atoms with Crippen molar-refractivity contribution < 1.29 is 19.0 Å². The molecule has 7 heteroatoms. The number of amides is 1. The summed E-state index contributed by atoms with van der Waals surface area (Å²) in [4.78, 5) is 13.0. The van der Waals surface area contributed by atoms with Gasteiger partial charge in [0.15, 0.2) is 0 Å². The standard InChI is InChI=1S/C22H28ClFN2O3/c1-14-11-22(28,7-6-21(14,2)24)13-25-20(27)16-10-18(15-5-9-29-12-15)26-8-3-4-17(23)19(16)26/h3-4,8,10,14-15,28H,5-7,9,11-13H2,1-2H3,(H,25,27). The predicted octanol–water partition coefficient (Wildman–Crippen LogP) is 4.11. The van der Waals surface area contributed by atoms with Crippen molar-refractivity contribution in [1.29, 1.82) is 0 Å². The van der Waals surface area contributed by atoms with E-state index in [2.05, 4.69) is 5.32 Å². The van der Waals surface area contributed by atoms with Crippen LogP contribution in [-0.4, -0.2) is 46.4 Å². The minimum Gasteiger partial charge on any atom is -0.388 e. The molecule has 4 atom stereocenters. The average Bonchev–Trinajstić information content (AvgIpc) is 3.32. The molecule has 1 saturated carbocycles. The summed E-state index contributed by atoms with van der Waals surface area (Å²) in [6.45, 7) is 4.82. The number of aromatic nitrogens is 1. The maximum Gasteiger partial charge on any atom is 0.253 e. The Morgan fingerprint density at radius 2 is 2.28 bits per heavy atom. The number of hydrogen-bond acceptors (Lipinski definition) is 3. The fourth-order valence-electron chi connectivity index (χ4n) is 4.61. The van der Waals surface area contributed by atoms with Gasteiger partial charge in [-0.2, -0.15) is 0 Å². The Morgan fingerprint density at radius 3 is 2.97 bits per heavy atom. The van der Waals surface area contributed by atoms with Crippen molar-refractivity contribution in [2.24, 2.45) is 5.92 Å². The molecule has 0 radical (unpaired) electrons. The second-order valence-electron chi connectivity index (χ2n) is 8.91. The predicted molar refractivity (Wildman–Crippen MR) is 110 cm³/mol. The Labute approximate surface area is 175 Å². The molecule has 1 aliphatic heterocycles. The molecule has 1 saturated heterocycles. The lowest BCUT2D eigenvalue weighted by Crippen LogP contribution is -2.50. The van der Waals surface area contributed by atoms with Gasteiger partial charge in [0.05, 0.1) is 28.3 Å². The highest BCUT2D eigenvalue weighted by atomic mass is 35.5. The van der Waals surface area contributed by atoms with Crippen LogP contribution in [-0.2, 0) is 4.74 Å². The number of nitrogens with zero attached hydrogens (tertiary/aromatic N) is 1. The van der Waals surface area contributed by atoms with E-state index < -0.39 is 11.3 Å². The Hall–Kier alpha value is -1.63. The fraction of sp³-hybridized carbons (Fsp3) is 0.591. The van der Waals surface area contributed by atoms with Crippen LogP contribution in [0.2, 0.25) is 5.02 Å². The maximum atomic E-state index is 14.4. The molecular weight excluding hydrogens is 395 g/mol. The number of rotatable bonds is 4. The molecule has 4 unspecified atom stereocenters. The molecule has 1 aliphatic carbocycles. The molecule has 0 spiro atoms. The Balaban J connectivity index is 1.56. The van der Waals surface area contributed by atoms with Crippen molar-refractivity contribution in [3.05, 3.63) is 40.7 Å². The highest BCUT2D eigenvalue weighted by Crippen LogP contribution is 2.41. The number of carbonyl (C=O) groups is 1. The molecule has 5 nitrogen and oxygen atoms in total. The molecule has 158 valence electrons. The number of pyridine rings is 1. The van der Waals surface area contributed by atoms with Crippen molar-refractivity contribution in [1.82, 2.24) is 9.72 Å². The van der Waals surface area contributed by atoms with Crippen LogP contribution in [0.15, 0.2) is 24.4 Å². The van der Waals surface area contributed by atoms with E-state index in [4.69, 9.17) is 16.3 Å². The quantitative estimate of drug-likeness (QED) is 0.779. The van der Waals surface area contributed by atoms with Gasteiger partial charge in [0, 0.05) is 31.0 Å². The summed E-state index contributed by atoms with van der Waals surface area (Å²) in [5, 5.41) is 14.3. The monoisotopic (exact) mass is 422 g/mol. The molecule has 1 amide bonds. The normalized spacial score (nSPS) is 32.6.